The number of piperidine rings is 1. The predicted molar refractivity (Wildman–Crippen MR) is 92.0 cm³/mol. The summed E-state index contributed by atoms with van der Waals surface area (Å²) < 4.78 is 5.46. The van der Waals surface area contributed by atoms with Gasteiger partial charge < -0.3 is 10.1 Å². The standard InChI is InChI=1S/C19H28N2O2/c1-3-4-5-6-10-20-19(22)23-15-7-8-16-17(13-15)14-9-11-21(2)18(16)12-14/h7-8,13-14,18H,3-6,9-12H2,1-2H3,(H,20,22)/t14-,18+/m1/s1. The SMILES string of the molecule is CCCCCCNC(=O)Oc1ccc2c(c1)[C@@H]1CCN(C)[C@H]2C1. The van der Waals surface area contributed by atoms with Crippen LogP contribution in [0.2, 0.25) is 0 Å². The van der Waals surface area contributed by atoms with Gasteiger partial charge in [-0.25, -0.2) is 4.79 Å². The van der Waals surface area contributed by atoms with Gasteiger partial charge in [0.25, 0.3) is 0 Å². The molecule has 4 heteroatoms. The zero-order valence-corrected chi connectivity index (χ0v) is 14.3. The van der Waals surface area contributed by atoms with Gasteiger partial charge in [-0.2, -0.15) is 0 Å². The normalized spacial score (nSPS) is 22.7. The van der Waals surface area contributed by atoms with Crippen molar-refractivity contribution >= 4 is 6.09 Å². The molecule has 1 aromatic rings. The highest BCUT2D eigenvalue weighted by atomic mass is 16.6. The quantitative estimate of drug-likeness (QED) is 0.799. The monoisotopic (exact) mass is 316 g/mol. The zero-order valence-electron chi connectivity index (χ0n) is 14.3. The second-order valence-electron chi connectivity index (χ2n) is 6.89. The number of carbonyl (C=O) groups excluding carboxylic acids is 1. The minimum atomic E-state index is -0.334. The van der Waals surface area contributed by atoms with Crippen LogP contribution < -0.4 is 10.1 Å². The van der Waals surface area contributed by atoms with Gasteiger partial charge in [-0.15, -0.1) is 0 Å². The molecule has 0 saturated carbocycles. The number of unbranched alkanes of at least 4 members (excludes halogenated alkanes) is 3. The van der Waals surface area contributed by atoms with Gasteiger partial charge in [0.1, 0.15) is 5.75 Å². The fourth-order valence-electron chi connectivity index (χ4n) is 3.89. The third-order valence-corrected chi connectivity index (χ3v) is 5.24. The average Bonchev–Trinajstić information content (AvgIpc) is 2.85. The Labute approximate surface area is 139 Å². The van der Waals surface area contributed by atoms with E-state index in [1.54, 1.807) is 0 Å². The lowest BCUT2D eigenvalue weighted by atomic mass is 9.96. The lowest BCUT2D eigenvalue weighted by molar-refractivity contribution is 0.192. The summed E-state index contributed by atoms with van der Waals surface area (Å²) in [7, 11) is 2.20. The highest BCUT2D eigenvalue weighted by Gasteiger charge is 2.37. The van der Waals surface area contributed by atoms with Crippen LogP contribution in [-0.2, 0) is 0 Å². The molecule has 1 saturated heterocycles. The Kier molecular flexibility index (Phi) is 5.21. The Morgan fingerprint density at radius 3 is 3.00 bits per heavy atom. The Morgan fingerprint density at radius 2 is 2.17 bits per heavy atom. The molecule has 1 amide bonds. The Morgan fingerprint density at radius 1 is 1.30 bits per heavy atom. The van der Waals surface area contributed by atoms with Crippen LogP contribution in [0.4, 0.5) is 4.79 Å². The van der Waals surface area contributed by atoms with Crippen LogP contribution >= 0.6 is 0 Å². The van der Waals surface area contributed by atoms with Gasteiger partial charge >= 0.3 is 6.09 Å². The van der Waals surface area contributed by atoms with Gasteiger partial charge in [0.2, 0.25) is 0 Å². The highest BCUT2D eigenvalue weighted by Crippen LogP contribution is 2.49. The number of ether oxygens (including phenoxy) is 1. The summed E-state index contributed by atoms with van der Waals surface area (Å²) in [4.78, 5) is 14.3. The maximum atomic E-state index is 11.9. The van der Waals surface area contributed by atoms with Crippen molar-refractivity contribution in [2.75, 3.05) is 20.1 Å². The molecule has 1 fully saturated rings. The molecular formula is C19H28N2O2. The van der Waals surface area contributed by atoms with E-state index in [-0.39, 0.29) is 6.09 Å². The van der Waals surface area contributed by atoms with Crippen LogP contribution in [0, 0.1) is 0 Å². The lowest BCUT2D eigenvalue weighted by Gasteiger charge is -2.29. The molecule has 1 aliphatic carbocycles. The first-order valence-corrected chi connectivity index (χ1v) is 8.98. The van der Waals surface area contributed by atoms with Crippen molar-refractivity contribution in [2.45, 2.75) is 57.4 Å². The van der Waals surface area contributed by atoms with E-state index in [4.69, 9.17) is 4.74 Å². The summed E-state index contributed by atoms with van der Waals surface area (Å²) >= 11 is 0. The summed E-state index contributed by atoms with van der Waals surface area (Å²) in [5.74, 6) is 1.30. The second-order valence-corrected chi connectivity index (χ2v) is 6.89. The van der Waals surface area contributed by atoms with E-state index in [0.717, 1.165) is 19.4 Å². The zero-order chi connectivity index (χ0) is 16.2. The lowest BCUT2D eigenvalue weighted by Crippen LogP contribution is -2.28. The van der Waals surface area contributed by atoms with Crippen molar-refractivity contribution in [3.63, 3.8) is 0 Å². The van der Waals surface area contributed by atoms with Crippen molar-refractivity contribution in [1.82, 2.24) is 10.2 Å². The Bertz CT molecular complexity index is 558. The number of rotatable bonds is 6. The first-order chi connectivity index (χ1) is 11.2. The first kappa shape index (κ1) is 16.3. The predicted octanol–water partition coefficient (Wildman–Crippen LogP) is 4.22. The van der Waals surface area contributed by atoms with Crippen molar-refractivity contribution in [3.8, 4) is 5.75 Å². The van der Waals surface area contributed by atoms with E-state index in [2.05, 4.69) is 36.3 Å². The van der Waals surface area contributed by atoms with E-state index < -0.39 is 0 Å². The van der Waals surface area contributed by atoms with Gasteiger partial charge in [-0.3, -0.25) is 4.90 Å². The molecule has 0 aromatic heterocycles. The molecule has 3 rings (SSSR count). The van der Waals surface area contributed by atoms with Crippen LogP contribution in [0.25, 0.3) is 0 Å². The highest BCUT2D eigenvalue weighted by molar-refractivity contribution is 5.70. The summed E-state index contributed by atoms with van der Waals surface area (Å²) in [6, 6.07) is 6.70. The molecule has 0 radical (unpaired) electrons. The topological polar surface area (TPSA) is 41.6 Å². The van der Waals surface area contributed by atoms with E-state index in [1.807, 2.05) is 6.07 Å². The van der Waals surface area contributed by atoms with Crippen molar-refractivity contribution in [3.05, 3.63) is 29.3 Å². The van der Waals surface area contributed by atoms with Crippen molar-refractivity contribution < 1.29 is 9.53 Å². The third-order valence-electron chi connectivity index (χ3n) is 5.24. The van der Waals surface area contributed by atoms with Crippen LogP contribution in [0.1, 0.15) is 68.5 Å². The molecule has 23 heavy (non-hydrogen) atoms. The fourth-order valence-corrected chi connectivity index (χ4v) is 3.89. The maximum Gasteiger partial charge on any atom is 0.412 e. The molecule has 126 valence electrons. The minimum absolute atomic E-state index is 0.334. The summed E-state index contributed by atoms with van der Waals surface area (Å²) in [5, 5.41) is 2.84. The van der Waals surface area contributed by atoms with E-state index in [0.29, 0.717) is 24.3 Å². The number of carbonyl (C=O) groups is 1. The number of hydrogen-bond acceptors (Lipinski definition) is 3. The summed E-state index contributed by atoms with van der Waals surface area (Å²) in [5.41, 5.74) is 2.80. The molecule has 1 aliphatic heterocycles. The largest absolute Gasteiger partial charge is 0.412 e. The number of nitrogens with one attached hydrogen (secondary N) is 1. The molecule has 1 aromatic carbocycles. The van der Waals surface area contributed by atoms with Crippen LogP contribution in [0.5, 0.6) is 5.75 Å². The molecule has 0 spiro atoms. The molecule has 2 atom stereocenters. The Hall–Kier alpha value is -1.55. The van der Waals surface area contributed by atoms with Gasteiger partial charge in [-0.1, -0.05) is 32.3 Å². The molecular weight excluding hydrogens is 288 g/mol. The fraction of sp³-hybridized carbons (Fsp3) is 0.632. The smallest absolute Gasteiger partial charge is 0.410 e. The van der Waals surface area contributed by atoms with Crippen LogP contribution in [0.3, 0.4) is 0 Å². The second kappa shape index (κ2) is 7.35. The maximum absolute atomic E-state index is 11.9. The first-order valence-electron chi connectivity index (χ1n) is 8.98. The van der Waals surface area contributed by atoms with Crippen molar-refractivity contribution in [2.24, 2.45) is 0 Å². The van der Waals surface area contributed by atoms with Crippen LogP contribution in [-0.4, -0.2) is 31.1 Å². The minimum Gasteiger partial charge on any atom is -0.410 e. The number of benzene rings is 1. The van der Waals surface area contributed by atoms with Gasteiger partial charge in [0, 0.05) is 12.6 Å². The Balaban J connectivity index is 1.55. The number of fused-ring (bicyclic) bond motifs is 5. The van der Waals surface area contributed by atoms with Crippen LogP contribution in [0.15, 0.2) is 18.2 Å². The van der Waals surface area contributed by atoms with Gasteiger partial charge in [-0.05, 0) is 62.0 Å². The van der Waals surface area contributed by atoms with Crippen molar-refractivity contribution in [1.29, 1.82) is 0 Å². The number of nitrogens with zero attached hydrogens (tertiary/aromatic N) is 1. The average molecular weight is 316 g/mol. The third kappa shape index (κ3) is 3.69. The summed E-state index contributed by atoms with van der Waals surface area (Å²) in [6.07, 6.45) is 6.68. The molecule has 4 nitrogen and oxygen atoms in total. The van der Waals surface area contributed by atoms with Gasteiger partial charge in [0.05, 0.1) is 0 Å². The molecule has 1 N–H and O–H groups in total. The molecule has 2 bridgehead atoms. The number of likely N-dealkylation sites (tertiary alicyclic amines) is 1. The summed E-state index contributed by atoms with van der Waals surface area (Å²) in [6.45, 7) is 4.03. The number of hydrogen-bond donors (Lipinski definition) is 1. The van der Waals surface area contributed by atoms with E-state index in [1.165, 1.54) is 36.8 Å². The van der Waals surface area contributed by atoms with E-state index in [9.17, 15) is 4.79 Å². The van der Waals surface area contributed by atoms with E-state index >= 15 is 0 Å². The molecule has 0 unspecified atom stereocenters. The molecule has 1 heterocycles. The van der Waals surface area contributed by atoms with Gasteiger partial charge in [0.15, 0.2) is 0 Å². The number of amides is 1. The molecule has 2 aliphatic rings.